The Morgan fingerprint density at radius 2 is 0.528 bits per heavy atom. The minimum atomic E-state index is -3.06. The summed E-state index contributed by atoms with van der Waals surface area (Å²) in [7, 11) is -9.18. The van der Waals surface area contributed by atoms with E-state index in [-0.39, 0.29) is 31.9 Å². The first-order valence-corrected chi connectivity index (χ1v) is 19.6. The fourth-order valence-corrected chi connectivity index (χ4v) is 23.5. The van der Waals surface area contributed by atoms with Gasteiger partial charge >= 0.3 is 25.7 Å². The van der Waals surface area contributed by atoms with E-state index in [9.17, 15) is 0 Å². The maximum absolute atomic E-state index is 7.43. The molecule has 216 valence electrons. The Morgan fingerprint density at radius 1 is 0.361 bits per heavy atom. The molecule has 1 heterocycles. The van der Waals surface area contributed by atoms with E-state index >= 15 is 0 Å². The number of ether oxygens (including phenoxy) is 3. The molecule has 0 saturated carbocycles. The monoisotopic (exact) mass is 564 g/mol. The second kappa shape index (κ2) is 10.4. The lowest BCUT2D eigenvalue weighted by molar-refractivity contribution is -0.0233. The molecule has 0 radical (unpaired) electrons. The second-order valence-electron chi connectivity index (χ2n) is 16.5. The Morgan fingerprint density at radius 3 is 0.639 bits per heavy atom. The molecule has 9 heteroatoms. The summed E-state index contributed by atoms with van der Waals surface area (Å²) in [6.07, 6.45) is 1.30. The van der Waals surface area contributed by atoms with E-state index in [0.29, 0.717) is 18.7 Å². The Balaban J connectivity index is 3.96. The van der Waals surface area contributed by atoms with Crippen LogP contribution in [0.25, 0.3) is 0 Å². The molecule has 6 nitrogen and oxygen atoms in total. The maximum atomic E-state index is 7.43. The van der Waals surface area contributed by atoms with Gasteiger partial charge in [-0.15, -0.1) is 0 Å². The van der Waals surface area contributed by atoms with Crippen molar-refractivity contribution in [1.29, 1.82) is 0 Å². The first-order chi connectivity index (χ1) is 15.5. The molecule has 0 atom stereocenters. The van der Waals surface area contributed by atoms with Gasteiger partial charge < -0.3 is 26.6 Å². The minimum Gasteiger partial charge on any atom is -0.412 e. The van der Waals surface area contributed by atoms with Crippen LogP contribution in [0.15, 0.2) is 0 Å². The van der Waals surface area contributed by atoms with E-state index in [0.717, 1.165) is 0 Å². The quantitative estimate of drug-likeness (QED) is 0.306. The first kappa shape index (κ1) is 34.4. The molecule has 1 aliphatic rings. The summed E-state index contributed by atoms with van der Waals surface area (Å²) < 4.78 is 41.8. The van der Waals surface area contributed by atoms with Crippen LogP contribution >= 0.6 is 0 Å². The fourth-order valence-electron chi connectivity index (χ4n) is 3.54. The highest BCUT2D eigenvalue weighted by atomic mass is 28.5. The van der Waals surface area contributed by atoms with Crippen molar-refractivity contribution >= 4 is 25.7 Å². The SMILES string of the molecule is CC(C)(C)OC[Si]1(C(C)(C)C)O[Si](COC(C)(C)C)(C(C)(C)C)O[Si](COC(C)(C)C)(C(C)(C)C)O1. The molecule has 36 heavy (non-hydrogen) atoms. The predicted molar refractivity (Wildman–Crippen MR) is 157 cm³/mol. The lowest BCUT2D eigenvalue weighted by Crippen LogP contribution is -2.81. The molecule has 0 aromatic rings. The van der Waals surface area contributed by atoms with Gasteiger partial charge in [0.25, 0.3) is 0 Å². The molecule has 1 fully saturated rings. The van der Waals surface area contributed by atoms with E-state index in [1.54, 1.807) is 0 Å². The minimum absolute atomic E-state index is 0.265. The predicted octanol–water partition coefficient (Wildman–Crippen LogP) is 7.84. The van der Waals surface area contributed by atoms with E-state index < -0.39 is 25.7 Å². The van der Waals surface area contributed by atoms with Gasteiger partial charge in [0.1, 0.15) is 0 Å². The van der Waals surface area contributed by atoms with E-state index in [4.69, 9.17) is 26.6 Å². The Hall–Kier alpha value is 0.411. The molecule has 0 aromatic carbocycles. The van der Waals surface area contributed by atoms with Crippen LogP contribution in [-0.2, 0) is 26.6 Å². The standard InChI is InChI=1S/C27H60O6Si3/c1-22(2,3)28-19-34(25(10,11)12)31-35(26(13,14)15,20-29-23(4,5)6)33-36(32-34,27(16,17)18)21-30-24(7,8)9/h19-21H2,1-18H3. The molecule has 1 aliphatic heterocycles. The third kappa shape index (κ3) is 8.71. The van der Waals surface area contributed by atoms with Crippen molar-refractivity contribution in [3.8, 4) is 0 Å². The van der Waals surface area contributed by atoms with Crippen molar-refractivity contribution in [3.63, 3.8) is 0 Å². The van der Waals surface area contributed by atoms with Crippen LogP contribution in [0.3, 0.4) is 0 Å². The molecular formula is C27H60O6Si3. The van der Waals surface area contributed by atoms with Crippen LogP contribution in [0, 0.1) is 0 Å². The smallest absolute Gasteiger partial charge is 0.352 e. The van der Waals surface area contributed by atoms with Gasteiger partial charge in [0.15, 0.2) is 0 Å². The van der Waals surface area contributed by atoms with Crippen molar-refractivity contribution in [3.05, 3.63) is 0 Å². The van der Waals surface area contributed by atoms with Crippen LogP contribution in [0.1, 0.15) is 125 Å². The third-order valence-electron chi connectivity index (χ3n) is 6.50. The molecule has 1 rings (SSSR count). The topological polar surface area (TPSA) is 55.4 Å². The van der Waals surface area contributed by atoms with Crippen molar-refractivity contribution in [2.24, 2.45) is 0 Å². The highest BCUT2D eigenvalue weighted by Crippen LogP contribution is 2.56. The Bertz CT molecular complexity index is 622. The number of rotatable bonds is 6. The van der Waals surface area contributed by atoms with Gasteiger partial charge in [-0.2, -0.15) is 0 Å². The van der Waals surface area contributed by atoms with Crippen LogP contribution in [0.2, 0.25) is 15.1 Å². The van der Waals surface area contributed by atoms with Gasteiger partial charge in [-0.05, 0) is 62.3 Å². The lowest BCUT2D eigenvalue weighted by atomic mass is 10.2. The molecule has 0 aliphatic carbocycles. The van der Waals surface area contributed by atoms with Gasteiger partial charge in [0.2, 0.25) is 0 Å². The maximum Gasteiger partial charge on any atom is 0.352 e. The molecule has 0 spiro atoms. The van der Waals surface area contributed by atoms with Crippen LogP contribution in [0.5, 0.6) is 0 Å². The molecule has 0 bridgehead atoms. The van der Waals surface area contributed by atoms with Gasteiger partial charge in [0, 0.05) is 15.1 Å². The molecule has 0 N–H and O–H groups in total. The zero-order chi connectivity index (χ0) is 28.9. The largest absolute Gasteiger partial charge is 0.412 e. The highest BCUT2D eigenvalue weighted by Gasteiger charge is 2.72. The molecule has 0 unspecified atom stereocenters. The van der Waals surface area contributed by atoms with E-state index in [1.807, 2.05) is 0 Å². The number of hydrogen-bond donors (Lipinski definition) is 0. The Labute approximate surface area is 227 Å². The lowest BCUT2D eigenvalue weighted by Gasteiger charge is -2.62. The second-order valence-corrected chi connectivity index (χ2v) is 28.9. The van der Waals surface area contributed by atoms with Crippen molar-refractivity contribution in [1.82, 2.24) is 0 Å². The summed E-state index contributed by atoms with van der Waals surface area (Å²) in [5.41, 5.74) is -0.964. The first-order valence-electron chi connectivity index (χ1n) is 13.5. The summed E-state index contributed by atoms with van der Waals surface area (Å²) in [5, 5.41) is -0.796. The van der Waals surface area contributed by atoms with Crippen molar-refractivity contribution in [2.75, 3.05) is 18.7 Å². The van der Waals surface area contributed by atoms with Gasteiger partial charge in [-0.25, -0.2) is 0 Å². The highest BCUT2D eigenvalue weighted by molar-refractivity contribution is 6.97. The third-order valence-corrected chi connectivity index (χ3v) is 22.8. The number of hydrogen-bond acceptors (Lipinski definition) is 6. The zero-order valence-electron chi connectivity index (χ0n) is 27.1. The molecule has 0 aromatic heterocycles. The van der Waals surface area contributed by atoms with E-state index in [1.165, 1.54) is 0 Å². The zero-order valence-corrected chi connectivity index (χ0v) is 30.1. The average molecular weight is 565 g/mol. The molecule has 0 amide bonds. The average Bonchev–Trinajstić information content (AvgIpc) is 2.58. The fraction of sp³-hybridized carbons (Fsp3) is 1.00. The summed E-state index contributed by atoms with van der Waals surface area (Å²) >= 11 is 0. The van der Waals surface area contributed by atoms with Crippen LogP contribution < -0.4 is 0 Å². The molecular weight excluding hydrogens is 505 g/mol. The molecule has 1 saturated heterocycles. The normalized spacial score (nSPS) is 29.5. The van der Waals surface area contributed by atoms with Crippen molar-refractivity contribution in [2.45, 2.75) is 157 Å². The van der Waals surface area contributed by atoms with Crippen molar-refractivity contribution < 1.29 is 26.6 Å². The summed E-state index contributed by atoms with van der Waals surface area (Å²) in [5.74, 6) is 0. The van der Waals surface area contributed by atoms with Gasteiger partial charge in [-0.1, -0.05) is 62.3 Å². The van der Waals surface area contributed by atoms with Gasteiger partial charge in [-0.3, -0.25) is 0 Å². The summed E-state index contributed by atoms with van der Waals surface area (Å²) in [4.78, 5) is 0. The summed E-state index contributed by atoms with van der Waals surface area (Å²) in [6, 6.07) is 0. The van der Waals surface area contributed by atoms with Crippen LogP contribution in [-0.4, -0.2) is 61.2 Å². The van der Waals surface area contributed by atoms with Crippen LogP contribution in [0.4, 0.5) is 0 Å². The summed E-state index contributed by atoms with van der Waals surface area (Å²) in [6.45, 7) is 38.9. The Kier molecular flexibility index (Phi) is 9.98. The van der Waals surface area contributed by atoms with Gasteiger partial charge in [0.05, 0.1) is 35.5 Å². The van der Waals surface area contributed by atoms with E-state index in [2.05, 4.69) is 125 Å².